The van der Waals surface area contributed by atoms with E-state index in [1.165, 1.54) is 18.4 Å². The van der Waals surface area contributed by atoms with Crippen molar-refractivity contribution in [3.05, 3.63) is 51.3 Å². The van der Waals surface area contributed by atoms with Gasteiger partial charge in [-0.25, -0.2) is 4.79 Å². The zero-order chi connectivity index (χ0) is 17.8. The maximum absolute atomic E-state index is 12.1. The number of hydrogen-bond donors (Lipinski definition) is 1. The molecule has 0 fully saturated rings. The zero-order valence-electron chi connectivity index (χ0n) is 13.2. The third-order valence-electron chi connectivity index (χ3n) is 3.32. The van der Waals surface area contributed by atoms with Crippen LogP contribution >= 0.6 is 22.9 Å². The molecule has 0 atom stereocenters. The number of hydrogen-bond acceptors (Lipinski definition) is 6. The molecule has 1 aromatic carbocycles. The van der Waals surface area contributed by atoms with Gasteiger partial charge in [-0.15, -0.1) is 16.4 Å². The number of anilines is 1. The fourth-order valence-corrected chi connectivity index (χ4v) is 2.96. The summed E-state index contributed by atoms with van der Waals surface area (Å²) in [5.41, 5.74) is 0.465. The summed E-state index contributed by atoms with van der Waals surface area (Å²) in [7, 11) is 1.50. The summed E-state index contributed by atoms with van der Waals surface area (Å²) in [6, 6.07) is 8.56. The molecular formula is C16H14ClN3O4S. The molecule has 0 aliphatic heterocycles. The Morgan fingerprint density at radius 2 is 2.28 bits per heavy atom. The van der Waals surface area contributed by atoms with Crippen molar-refractivity contribution < 1.29 is 13.9 Å². The molecule has 3 rings (SSSR count). The van der Waals surface area contributed by atoms with Crippen LogP contribution in [0, 0.1) is 0 Å². The number of carbonyl (C=O) groups excluding carboxylic acids is 1. The lowest BCUT2D eigenvalue weighted by Gasteiger charge is -2.10. The van der Waals surface area contributed by atoms with E-state index in [1.54, 1.807) is 24.3 Å². The van der Waals surface area contributed by atoms with E-state index in [0.717, 1.165) is 9.56 Å². The van der Waals surface area contributed by atoms with E-state index in [0.29, 0.717) is 16.5 Å². The number of aromatic nitrogens is 2. The van der Waals surface area contributed by atoms with Crippen LogP contribution < -0.4 is 15.8 Å². The molecule has 0 aliphatic carbocycles. The molecular weight excluding hydrogens is 366 g/mol. The molecule has 0 aliphatic rings. The molecule has 0 unspecified atom stereocenters. The molecule has 0 saturated heterocycles. The number of amides is 1. The van der Waals surface area contributed by atoms with Crippen molar-refractivity contribution in [1.82, 2.24) is 9.78 Å². The largest absolute Gasteiger partial charge is 0.495 e. The first-order chi connectivity index (χ1) is 12.1. The van der Waals surface area contributed by atoms with Gasteiger partial charge in [-0.3, -0.25) is 4.79 Å². The molecule has 3 aromatic rings. The van der Waals surface area contributed by atoms with Crippen LogP contribution in [0.15, 0.2) is 44.9 Å². The summed E-state index contributed by atoms with van der Waals surface area (Å²) in [4.78, 5) is 24.7. The summed E-state index contributed by atoms with van der Waals surface area (Å²) < 4.78 is 11.4. The lowest BCUT2D eigenvalue weighted by molar-refractivity contribution is -0.116. The maximum atomic E-state index is 12.1. The Bertz CT molecular complexity index is 933. The van der Waals surface area contributed by atoms with Crippen LogP contribution in [0.25, 0.3) is 10.8 Å². The zero-order valence-corrected chi connectivity index (χ0v) is 14.8. The van der Waals surface area contributed by atoms with E-state index in [2.05, 4.69) is 10.4 Å². The minimum Gasteiger partial charge on any atom is -0.495 e. The van der Waals surface area contributed by atoms with Gasteiger partial charge in [0.15, 0.2) is 0 Å². The monoisotopic (exact) mass is 379 g/mol. The SMILES string of the molecule is COc1ccc(Cl)cc1NC(=O)CCn1nc(-c2cccs2)oc1=O. The van der Waals surface area contributed by atoms with Crippen LogP contribution in [-0.2, 0) is 11.3 Å². The van der Waals surface area contributed by atoms with Gasteiger partial charge in [0.05, 0.1) is 24.2 Å². The summed E-state index contributed by atoms with van der Waals surface area (Å²) in [5, 5.41) is 9.15. The average Bonchev–Trinajstić information content (AvgIpc) is 3.23. The lowest BCUT2D eigenvalue weighted by Crippen LogP contribution is -2.21. The molecule has 2 heterocycles. The lowest BCUT2D eigenvalue weighted by atomic mass is 10.2. The number of ether oxygens (including phenoxy) is 1. The number of rotatable bonds is 6. The van der Waals surface area contributed by atoms with Crippen molar-refractivity contribution >= 4 is 34.5 Å². The minimum absolute atomic E-state index is 0.0476. The van der Waals surface area contributed by atoms with E-state index >= 15 is 0 Å². The third-order valence-corrected chi connectivity index (χ3v) is 4.42. The van der Waals surface area contributed by atoms with Crippen LogP contribution in [0.2, 0.25) is 5.02 Å². The highest BCUT2D eigenvalue weighted by molar-refractivity contribution is 7.13. The molecule has 0 radical (unpaired) electrons. The second-order valence-corrected chi connectivity index (χ2v) is 6.40. The molecule has 0 bridgehead atoms. The standard InChI is InChI=1S/C16H14ClN3O4S/c1-23-12-5-4-10(17)9-11(12)18-14(21)6-7-20-16(22)24-15(19-20)13-3-2-8-25-13/h2-5,8-9H,6-7H2,1H3,(H,18,21). The van der Waals surface area contributed by atoms with Crippen molar-refractivity contribution in [3.8, 4) is 16.5 Å². The number of halogens is 1. The number of thiophene rings is 1. The Hall–Kier alpha value is -2.58. The van der Waals surface area contributed by atoms with E-state index < -0.39 is 5.76 Å². The van der Waals surface area contributed by atoms with Gasteiger partial charge in [-0.05, 0) is 29.6 Å². The van der Waals surface area contributed by atoms with Crippen molar-refractivity contribution in [1.29, 1.82) is 0 Å². The number of benzene rings is 1. The quantitative estimate of drug-likeness (QED) is 0.710. The Morgan fingerprint density at radius 3 is 3.00 bits per heavy atom. The predicted molar refractivity (Wildman–Crippen MR) is 95.3 cm³/mol. The van der Waals surface area contributed by atoms with Gasteiger partial charge >= 0.3 is 5.76 Å². The Kier molecular flexibility index (Phi) is 5.20. The van der Waals surface area contributed by atoms with Crippen molar-refractivity contribution in [3.63, 3.8) is 0 Å². The summed E-state index contributed by atoms with van der Waals surface area (Å²) in [5.74, 6) is -0.155. The second kappa shape index (κ2) is 7.54. The van der Waals surface area contributed by atoms with Gasteiger partial charge in [0.1, 0.15) is 5.75 Å². The van der Waals surface area contributed by atoms with Crippen LogP contribution in [0.4, 0.5) is 5.69 Å². The number of nitrogens with one attached hydrogen (secondary N) is 1. The van der Waals surface area contributed by atoms with Gasteiger partial charge in [0.2, 0.25) is 5.91 Å². The van der Waals surface area contributed by atoms with Gasteiger partial charge < -0.3 is 14.5 Å². The van der Waals surface area contributed by atoms with E-state index in [9.17, 15) is 9.59 Å². The number of methoxy groups -OCH3 is 1. The summed E-state index contributed by atoms with van der Waals surface area (Å²) >= 11 is 7.34. The number of carbonyl (C=O) groups is 1. The van der Waals surface area contributed by atoms with Crippen LogP contribution in [0.3, 0.4) is 0 Å². The van der Waals surface area contributed by atoms with Crippen LogP contribution in [0.1, 0.15) is 6.42 Å². The number of nitrogens with zero attached hydrogens (tertiary/aromatic N) is 2. The molecule has 130 valence electrons. The van der Waals surface area contributed by atoms with Crippen LogP contribution in [0.5, 0.6) is 5.75 Å². The van der Waals surface area contributed by atoms with Gasteiger partial charge in [-0.1, -0.05) is 17.7 Å². The second-order valence-electron chi connectivity index (χ2n) is 5.02. The average molecular weight is 380 g/mol. The van der Waals surface area contributed by atoms with Gasteiger partial charge in [0.25, 0.3) is 5.89 Å². The van der Waals surface area contributed by atoms with Crippen molar-refractivity contribution in [2.45, 2.75) is 13.0 Å². The molecule has 2 aromatic heterocycles. The minimum atomic E-state index is -0.600. The molecule has 1 amide bonds. The predicted octanol–water partition coefficient (Wildman–Crippen LogP) is 3.26. The molecule has 0 saturated carbocycles. The summed E-state index contributed by atoms with van der Waals surface area (Å²) in [6.45, 7) is 0.0996. The molecule has 9 heteroatoms. The van der Waals surface area contributed by atoms with E-state index in [1.807, 2.05) is 11.4 Å². The Balaban J connectivity index is 1.65. The molecule has 1 N–H and O–H groups in total. The molecule has 25 heavy (non-hydrogen) atoms. The van der Waals surface area contributed by atoms with Gasteiger partial charge in [0, 0.05) is 11.4 Å². The Labute approximate surface area is 151 Å². The first kappa shape index (κ1) is 17.2. The van der Waals surface area contributed by atoms with E-state index in [-0.39, 0.29) is 24.8 Å². The molecule has 7 nitrogen and oxygen atoms in total. The third kappa shape index (κ3) is 4.09. The fraction of sp³-hybridized carbons (Fsp3) is 0.188. The van der Waals surface area contributed by atoms with Crippen LogP contribution in [-0.4, -0.2) is 22.8 Å². The Morgan fingerprint density at radius 1 is 1.44 bits per heavy atom. The highest BCUT2D eigenvalue weighted by Gasteiger charge is 2.13. The topological polar surface area (TPSA) is 86.4 Å². The normalized spacial score (nSPS) is 10.6. The molecule has 0 spiro atoms. The van der Waals surface area contributed by atoms with Gasteiger partial charge in [-0.2, -0.15) is 4.68 Å². The van der Waals surface area contributed by atoms with Crippen molar-refractivity contribution in [2.75, 3.05) is 12.4 Å². The van der Waals surface area contributed by atoms with E-state index in [4.69, 9.17) is 20.8 Å². The van der Waals surface area contributed by atoms with Crippen molar-refractivity contribution in [2.24, 2.45) is 0 Å². The first-order valence-corrected chi connectivity index (χ1v) is 8.58. The maximum Gasteiger partial charge on any atom is 0.437 e. The number of aryl methyl sites for hydroxylation is 1. The highest BCUT2D eigenvalue weighted by atomic mass is 35.5. The smallest absolute Gasteiger partial charge is 0.437 e. The highest BCUT2D eigenvalue weighted by Crippen LogP contribution is 2.27. The fourth-order valence-electron chi connectivity index (χ4n) is 2.15. The first-order valence-electron chi connectivity index (χ1n) is 7.32. The summed E-state index contributed by atoms with van der Waals surface area (Å²) in [6.07, 6.45) is 0.0476.